The van der Waals surface area contributed by atoms with E-state index in [0.717, 1.165) is 5.69 Å². The Morgan fingerprint density at radius 1 is 1.13 bits per heavy atom. The van der Waals surface area contributed by atoms with Gasteiger partial charge in [-0.05, 0) is 24.6 Å². The van der Waals surface area contributed by atoms with Crippen molar-refractivity contribution < 1.29 is 14.3 Å². The van der Waals surface area contributed by atoms with Crippen molar-refractivity contribution >= 4 is 11.6 Å². The molecule has 0 aliphatic carbocycles. The molecule has 0 radical (unpaired) electrons. The largest absolute Gasteiger partial charge is 0.454 e. The van der Waals surface area contributed by atoms with Crippen LogP contribution in [-0.2, 0) is 4.79 Å². The Labute approximate surface area is 135 Å². The minimum atomic E-state index is -0.0309. The van der Waals surface area contributed by atoms with Crippen LogP contribution < -0.4 is 20.1 Å². The van der Waals surface area contributed by atoms with E-state index in [0.29, 0.717) is 24.5 Å². The summed E-state index contributed by atoms with van der Waals surface area (Å²) in [5, 5.41) is 6.22. The first kappa shape index (κ1) is 15.4. The highest BCUT2D eigenvalue weighted by atomic mass is 16.7. The van der Waals surface area contributed by atoms with E-state index in [-0.39, 0.29) is 18.7 Å². The van der Waals surface area contributed by atoms with Crippen LogP contribution in [-0.4, -0.2) is 19.2 Å². The summed E-state index contributed by atoms with van der Waals surface area (Å²) in [7, 11) is 0. The van der Waals surface area contributed by atoms with E-state index in [9.17, 15) is 4.79 Å². The van der Waals surface area contributed by atoms with Crippen molar-refractivity contribution in [3.63, 3.8) is 0 Å². The van der Waals surface area contributed by atoms with Gasteiger partial charge in [0.2, 0.25) is 12.7 Å². The summed E-state index contributed by atoms with van der Waals surface area (Å²) in [5.41, 5.74) is 1.93. The molecule has 0 aromatic heterocycles. The van der Waals surface area contributed by atoms with Gasteiger partial charge in [-0.15, -0.1) is 0 Å². The van der Waals surface area contributed by atoms with Gasteiger partial charge in [-0.25, -0.2) is 0 Å². The number of carbonyl (C=O) groups is 1. The molecule has 0 spiro atoms. The predicted octanol–water partition coefficient (Wildman–Crippen LogP) is 3.09. The minimum absolute atomic E-state index is 0.0309. The molecule has 120 valence electrons. The molecule has 0 saturated heterocycles. The van der Waals surface area contributed by atoms with Gasteiger partial charge >= 0.3 is 0 Å². The maximum absolute atomic E-state index is 12.0. The Bertz CT molecular complexity index is 673. The van der Waals surface area contributed by atoms with Crippen LogP contribution in [0.5, 0.6) is 11.5 Å². The number of hydrogen-bond acceptors (Lipinski definition) is 4. The third-order valence-corrected chi connectivity index (χ3v) is 3.76. The van der Waals surface area contributed by atoms with Gasteiger partial charge in [0, 0.05) is 30.8 Å². The van der Waals surface area contributed by atoms with Gasteiger partial charge < -0.3 is 20.1 Å². The van der Waals surface area contributed by atoms with Gasteiger partial charge in [-0.3, -0.25) is 4.79 Å². The van der Waals surface area contributed by atoms with E-state index in [2.05, 4.69) is 29.7 Å². The van der Waals surface area contributed by atoms with Crippen molar-refractivity contribution in [3.8, 4) is 11.5 Å². The summed E-state index contributed by atoms with van der Waals surface area (Å²) in [4.78, 5) is 12.0. The number of ether oxygens (including phenoxy) is 2. The molecule has 1 aliphatic rings. The van der Waals surface area contributed by atoms with Gasteiger partial charge in [-0.2, -0.15) is 0 Å². The molecule has 1 amide bonds. The normalized spacial score (nSPS) is 13.6. The fraction of sp³-hybridized carbons (Fsp3) is 0.278. The molecule has 23 heavy (non-hydrogen) atoms. The number of carbonyl (C=O) groups excluding carboxylic acids is 1. The van der Waals surface area contributed by atoms with Gasteiger partial charge in [0.25, 0.3) is 0 Å². The van der Waals surface area contributed by atoms with Crippen molar-refractivity contribution in [1.82, 2.24) is 5.32 Å². The van der Waals surface area contributed by atoms with Crippen LogP contribution >= 0.6 is 0 Å². The van der Waals surface area contributed by atoms with Crippen molar-refractivity contribution in [2.45, 2.75) is 19.4 Å². The van der Waals surface area contributed by atoms with Gasteiger partial charge in [-0.1, -0.05) is 30.3 Å². The topological polar surface area (TPSA) is 59.6 Å². The van der Waals surface area contributed by atoms with Crippen molar-refractivity contribution in [2.24, 2.45) is 0 Å². The first-order valence-corrected chi connectivity index (χ1v) is 7.70. The zero-order valence-corrected chi connectivity index (χ0v) is 13.0. The molecule has 1 unspecified atom stereocenters. The van der Waals surface area contributed by atoms with E-state index < -0.39 is 0 Å². The third kappa shape index (κ3) is 4.02. The highest BCUT2D eigenvalue weighted by molar-refractivity contribution is 5.91. The lowest BCUT2D eigenvalue weighted by Crippen LogP contribution is -2.24. The number of rotatable bonds is 6. The number of nitrogens with one attached hydrogen (secondary N) is 2. The summed E-state index contributed by atoms with van der Waals surface area (Å²) in [6, 6.07) is 15.8. The van der Waals surface area contributed by atoms with Crippen LogP contribution in [0.3, 0.4) is 0 Å². The lowest BCUT2D eigenvalue weighted by Gasteiger charge is -2.14. The third-order valence-electron chi connectivity index (χ3n) is 3.76. The number of anilines is 1. The Morgan fingerprint density at radius 3 is 2.74 bits per heavy atom. The van der Waals surface area contributed by atoms with E-state index in [1.54, 1.807) is 12.1 Å². The van der Waals surface area contributed by atoms with Crippen molar-refractivity contribution in [2.75, 3.05) is 18.7 Å². The van der Waals surface area contributed by atoms with Crippen LogP contribution in [0.4, 0.5) is 5.69 Å². The highest BCUT2D eigenvalue weighted by Gasteiger charge is 2.14. The molecule has 1 heterocycles. The van der Waals surface area contributed by atoms with E-state index in [1.807, 2.05) is 24.3 Å². The summed E-state index contributed by atoms with van der Waals surface area (Å²) in [6.07, 6.45) is 0.408. The van der Waals surface area contributed by atoms with Crippen LogP contribution in [0.2, 0.25) is 0 Å². The minimum Gasteiger partial charge on any atom is -0.454 e. The molecule has 1 aliphatic heterocycles. The smallest absolute Gasteiger partial charge is 0.231 e. The molecule has 3 rings (SSSR count). The molecular weight excluding hydrogens is 292 g/mol. The fourth-order valence-electron chi connectivity index (χ4n) is 2.46. The lowest BCUT2D eigenvalue weighted by molar-refractivity contribution is -0.116. The molecule has 5 nitrogen and oxygen atoms in total. The van der Waals surface area contributed by atoms with Gasteiger partial charge in [0.05, 0.1) is 0 Å². The zero-order chi connectivity index (χ0) is 16.1. The highest BCUT2D eigenvalue weighted by Crippen LogP contribution is 2.34. The van der Waals surface area contributed by atoms with Crippen LogP contribution in [0.15, 0.2) is 48.5 Å². The van der Waals surface area contributed by atoms with Crippen LogP contribution in [0, 0.1) is 0 Å². The quantitative estimate of drug-likeness (QED) is 0.860. The molecule has 2 N–H and O–H groups in total. The number of amides is 1. The summed E-state index contributed by atoms with van der Waals surface area (Å²) in [6.45, 7) is 2.94. The Balaban J connectivity index is 1.45. The maximum Gasteiger partial charge on any atom is 0.231 e. The maximum atomic E-state index is 12.0. The Hall–Kier alpha value is -2.53. The molecular formula is C18H20N2O3. The molecule has 0 bridgehead atoms. The first-order valence-electron chi connectivity index (χ1n) is 7.70. The van der Waals surface area contributed by atoms with Crippen molar-refractivity contribution in [1.29, 1.82) is 0 Å². The molecule has 0 saturated carbocycles. The molecule has 0 fully saturated rings. The number of benzene rings is 2. The molecule has 2 aromatic rings. The van der Waals surface area contributed by atoms with Gasteiger partial charge in [0.15, 0.2) is 11.5 Å². The monoisotopic (exact) mass is 312 g/mol. The fourth-order valence-corrected chi connectivity index (χ4v) is 2.46. The molecule has 1 atom stereocenters. The summed E-state index contributed by atoms with van der Waals surface area (Å²) in [5.74, 6) is 1.34. The van der Waals surface area contributed by atoms with E-state index in [4.69, 9.17) is 9.47 Å². The first-order chi connectivity index (χ1) is 11.2. The van der Waals surface area contributed by atoms with Crippen LogP contribution in [0.1, 0.15) is 24.9 Å². The lowest BCUT2D eigenvalue weighted by atomic mass is 10.1. The zero-order valence-electron chi connectivity index (χ0n) is 13.0. The van der Waals surface area contributed by atoms with E-state index in [1.165, 1.54) is 5.56 Å². The second-order valence-electron chi connectivity index (χ2n) is 5.45. The SMILES string of the molecule is CC(NCCC(=O)Nc1ccc2c(c1)OCO2)c1ccccc1. The summed E-state index contributed by atoms with van der Waals surface area (Å²) >= 11 is 0. The Kier molecular flexibility index (Phi) is 4.78. The molecule has 2 aromatic carbocycles. The van der Waals surface area contributed by atoms with Gasteiger partial charge in [0.1, 0.15) is 0 Å². The second kappa shape index (κ2) is 7.15. The summed E-state index contributed by atoms with van der Waals surface area (Å²) < 4.78 is 10.5. The average molecular weight is 312 g/mol. The predicted molar refractivity (Wildman–Crippen MR) is 88.7 cm³/mol. The van der Waals surface area contributed by atoms with Crippen LogP contribution in [0.25, 0.3) is 0 Å². The Morgan fingerprint density at radius 2 is 1.91 bits per heavy atom. The standard InChI is InChI=1S/C18H20N2O3/c1-13(14-5-3-2-4-6-14)19-10-9-18(21)20-15-7-8-16-17(11-15)23-12-22-16/h2-8,11,13,19H,9-10,12H2,1H3,(H,20,21). The number of hydrogen-bond donors (Lipinski definition) is 2. The number of fused-ring (bicyclic) bond motifs is 1. The molecule has 5 heteroatoms. The second-order valence-corrected chi connectivity index (χ2v) is 5.45. The van der Waals surface area contributed by atoms with E-state index >= 15 is 0 Å². The average Bonchev–Trinajstić information content (AvgIpc) is 3.03. The van der Waals surface area contributed by atoms with Crippen molar-refractivity contribution in [3.05, 3.63) is 54.1 Å².